The Kier molecular flexibility index (Phi) is 7.23. The van der Waals surface area contributed by atoms with E-state index in [1.165, 1.54) is 0 Å². The predicted octanol–water partition coefficient (Wildman–Crippen LogP) is 5.15. The molecule has 0 bridgehead atoms. The van der Waals surface area contributed by atoms with Crippen LogP contribution in [0.1, 0.15) is 29.5 Å². The van der Waals surface area contributed by atoms with Crippen molar-refractivity contribution in [1.82, 2.24) is 5.32 Å². The number of hydrogen-bond acceptors (Lipinski definition) is 4. The van der Waals surface area contributed by atoms with Crippen LogP contribution in [0.2, 0.25) is 5.02 Å². The number of fused-ring (bicyclic) bond motifs is 1. The molecule has 1 saturated carbocycles. The first kappa shape index (κ1) is 26.6. The highest BCUT2D eigenvalue weighted by molar-refractivity contribution is 6.33. The third-order valence-electron chi connectivity index (χ3n) is 7.21. The van der Waals surface area contributed by atoms with Crippen LogP contribution in [0.5, 0.6) is 5.75 Å². The molecular formula is C27H24ClF5N2O3. The molecule has 0 radical (unpaired) electrons. The Morgan fingerprint density at radius 2 is 1.95 bits per heavy atom. The summed E-state index contributed by atoms with van der Waals surface area (Å²) in [4.78, 5) is 12.2. The number of nitrogens with one attached hydrogen (secondary N) is 1. The maximum atomic E-state index is 15.8. The highest BCUT2D eigenvalue weighted by Gasteiger charge is 2.46. The first-order valence-corrected chi connectivity index (χ1v) is 12.4. The SMILES string of the molecule is NC(=O)C1=C(c2c(Cl)c(F)cc3c2C[C@@](CN[C@H]2C[C@H](F)C2)(c2ccccc2)O3)C(F)[C@@H](OC(F)F)C=C1. The van der Waals surface area contributed by atoms with Crippen LogP contribution in [-0.4, -0.2) is 43.6 Å². The fourth-order valence-corrected chi connectivity index (χ4v) is 5.53. The lowest BCUT2D eigenvalue weighted by Gasteiger charge is -2.36. The van der Waals surface area contributed by atoms with Crippen molar-refractivity contribution in [3.63, 3.8) is 0 Å². The summed E-state index contributed by atoms with van der Waals surface area (Å²) in [5.41, 5.74) is 4.37. The van der Waals surface area contributed by atoms with E-state index in [4.69, 9.17) is 22.1 Å². The lowest BCUT2D eigenvalue weighted by atomic mass is 9.81. The van der Waals surface area contributed by atoms with Gasteiger partial charge in [-0.25, -0.2) is 13.2 Å². The highest BCUT2D eigenvalue weighted by atomic mass is 35.5. The van der Waals surface area contributed by atoms with Gasteiger partial charge in [-0.1, -0.05) is 54.1 Å². The molecule has 202 valence electrons. The van der Waals surface area contributed by atoms with Crippen LogP contribution in [0.25, 0.3) is 5.57 Å². The zero-order valence-corrected chi connectivity index (χ0v) is 20.7. The molecule has 0 spiro atoms. The summed E-state index contributed by atoms with van der Waals surface area (Å²) >= 11 is 6.36. The number of amides is 1. The van der Waals surface area contributed by atoms with Crippen LogP contribution >= 0.6 is 11.6 Å². The van der Waals surface area contributed by atoms with Crippen molar-refractivity contribution in [2.45, 2.75) is 56.0 Å². The van der Waals surface area contributed by atoms with Gasteiger partial charge >= 0.3 is 6.61 Å². The molecule has 5 nitrogen and oxygen atoms in total. The number of hydrogen-bond donors (Lipinski definition) is 2. The molecular weight excluding hydrogens is 531 g/mol. The number of rotatable bonds is 8. The van der Waals surface area contributed by atoms with E-state index in [2.05, 4.69) is 10.1 Å². The van der Waals surface area contributed by atoms with Crippen LogP contribution in [-0.2, 0) is 21.6 Å². The molecule has 5 rings (SSSR count). The van der Waals surface area contributed by atoms with E-state index in [9.17, 15) is 18.0 Å². The van der Waals surface area contributed by atoms with E-state index in [0.717, 1.165) is 18.2 Å². The largest absolute Gasteiger partial charge is 0.480 e. The van der Waals surface area contributed by atoms with E-state index in [1.807, 2.05) is 18.2 Å². The molecule has 1 unspecified atom stereocenters. The molecule has 3 N–H and O–H groups in total. The Morgan fingerprint density at radius 1 is 1.24 bits per heavy atom. The second-order valence-electron chi connectivity index (χ2n) is 9.62. The van der Waals surface area contributed by atoms with Crippen molar-refractivity contribution in [1.29, 1.82) is 0 Å². The second-order valence-corrected chi connectivity index (χ2v) is 10.0. The van der Waals surface area contributed by atoms with E-state index < -0.39 is 53.0 Å². The van der Waals surface area contributed by atoms with Crippen molar-refractivity contribution in [2.24, 2.45) is 5.73 Å². The molecule has 2 aromatic rings. The van der Waals surface area contributed by atoms with Crippen molar-refractivity contribution >= 4 is 23.1 Å². The Balaban J connectivity index is 1.62. The van der Waals surface area contributed by atoms with Crippen LogP contribution in [0.4, 0.5) is 22.0 Å². The molecule has 0 saturated heterocycles. The minimum Gasteiger partial charge on any atom is -0.480 e. The summed E-state index contributed by atoms with van der Waals surface area (Å²) in [5.74, 6) is -1.96. The van der Waals surface area contributed by atoms with E-state index >= 15 is 8.78 Å². The lowest BCUT2D eigenvalue weighted by molar-refractivity contribution is -0.159. The van der Waals surface area contributed by atoms with Gasteiger partial charge in [0.05, 0.1) is 5.02 Å². The summed E-state index contributed by atoms with van der Waals surface area (Å²) in [7, 11) is 0. The normalized spacial score (nSPS) is 28.3. The Labute approximate surface area is 220 Å². The van der Waals surface area contributed by atoms with Gasteiger partial charge in [0, 0.05) is 47.3 Å². The molecule has 1 heterocycles. The number of carbonyl (C=O) groups excluding carboxylic acids is 1. The number of nitrogens with two attached hydrogens (primary N) is 1. The van der Waals surface area contributed by atoms with Gasteiger partial charge in [-0.3, -0.25) is 4.79 Å². The van der Waals surface area contributed by atoms with Gasteiger partial charge < -0.3 is 20.5 Å². The van der Waals surface area contributed by atoms with Crippen molar-refractivity contribution in [3.05, 3.63) is 81.7 Å². The van der Waals surface area contributed by atoms with Gasteiger partial charge in [0.1, 0.15) is 23.8 Å². The number of ether oxygens (including phenoxy) is 2. The van der Waals surface area contributed by atoms with Gasteiger partial charge in [0.25, 0.3) is 0 Å². The molecule has 0 aromatic heterocycles. The Morgan fingerprint density at radius 3 is 2.58 bits per heavy atom. The van der Waals surface area contributed by atoms with Crippen molar-refractivity contribution < 1.29 is 36.2 Å². The van der Waals surface area contributed by atoms with E-state index in [-0.39, 0.29) is 41.5 Å². The van der Waals surface area contributed by atoms with Crippen LogP contribution < -0.4 is 15.8 Å². The standard InChI is InChI=1S/C27H24ClF5N2O3/c28-23-18(30)10-20-17(21(23)22-16(25(34)36)6-7-19(24(22)31)37-26(32)33)11-27(38-20,13-4-2-1-3-5-13)12-35-15-8-14(29)9-15/h1-7,10,14-15,19,24,26,35H,8-9,11-12H2,(H2,34,36)/t14-,15-,19-,24?,27+/m0/s1. The van der Waals surface area contributed by atoms with Gasteiger partial charge in [-0.2, -0.15) is 8.78 Å². The van der Waals surface area contributed by atoms with Crippen LogP contribution in [0.15, 0.2) is 54.1 Å². The molecule has 2 aromatic carbocycles. The third-order valence-corrected chi connectivity index (χ3v) is 7.58. The summed E-state index contributed by atoms with van der Waals surface area (Å²) in [5, 5.41) is 2.78. The maximum absolute atomic E-state index is 15.8. The number of primary amides is 1. The first-order chi connectivity index (χ1) is 18.1. The quantitative estimate of drug-likeness (QED) is 0.443. The Bertz CT molecular complexity index is 1300. The van der Waals surface area contributed by atoms with E-state index in [1.54, 1.807) is 12.1 Å². The summed E-state index contributed by atoms with van der Waals surface area (Å²) in [6.45, 7) is -3.09. The van der Waals surface area contributed by atoms with Crippen molar-refractivity contribution in [2.75, 3.05) is 6.54 Å². The summed E-state index contributed by atoms with van der Waals surface area (Å²) in [6, 6.07) is 10.0. The third kappa shape index (κ3) is 4.81. The monoisotopic (exact) mass is 554 g/mol. The average Bonchev–Trinajstić information content (AvgIpc) is 3.23. The fraction of sp³-hybridized carbons (Fsp3) is 0.370. The second kappa shape index (κ2) is 10.3. The van der Waals surface area contributed by atoms with Gasteiger partial charge in [-0.05, 0) is 18.4 Å². The minimum atomic E-state index is -3.30. The van der Waals surface area contributed by atoms with E-state index in [0.29, 0.717) is 18.4 Å². The molecule has 1 fully saturated rings. The molecule has 1 aliphatic heterocycles. The Hall–Kier alpha value is -2.95. The van der Waals surface area contributed by atoms with Gasteiger partial charge in [0.15, 0.2) is 11.8 Å². The zero-order valence-electron chi connectivity index (χ0n) is 19.9. The minimum absolute atomic E-state index is 0.0499. The molecule has 38 heavy (non-hydrogen) atoms. The lowest BCUT2D eigenvalue weighted by Crippen LogP contribution is -2.50. The summed E-state index contributed by atoms with van der Waals surface area (Å²) < 4.78 is 81.0. The highest BCUT2D eigenvalue weighted by Crippen LogP contribution is 2.50. The smallest absolute Gasteiger partial charge is 0.345 e. The topological polar surface area (TPSA) is 73.6 Å². The first-order valence-electron chi connectivity index (χ1n) is 12.0. The van der Waals surface area contributed by atoms with Crippen LogP contribution in [0.3, 0.4) is 0 Å². The molecule has 2 aliphatic carbocycles. The van der Waals surface area contributed by atoms with Gasteiger partial charge in [0.2, 0.25) is 5.91 Å². The van der Waals surface area contributed by atoms with Gasteiger partial charge in [-0.15, -0.1) is 0 Å². The fourth-order valence-electron chi connectivity index (χ4n) is 5.26. The van der Waals surface area contributed by atoms with Crippen LogP contribution in [0, 0.1) is 5.82 Å². The molecule has 3 atom stereocenters. The van der Waals surface area contributed by atoms with Crippen molar-refractivity contribution in [3.8, 4) is 5.75 Å². The number of alkyl halides is 4. The number of benzene rings is 2. The zero-order chi connectivity index (χ0) is 27.2. The molecule has 11 heteroatoms. The number of halogens is 6. The summed E-state index contributed by atoms with van der Waals surface area (Å²) in [6.07, 6.45) is -2.17. The number of carbonyl (C=O) groups is 1. The molecule has 1 amide bonds. The predicted molar refractivity (Wildman–Crippen MR) is 131 cm³/mol. The maximum Gasteiger partial charge on any atom is 0.345 e. The average molecular weight is 555 g/mol. The molecule has 3 aliphatic rings.